The topological polar surface area (TPSA) is 76.6 Å². The molecule has 4 rings (SSSR count). The van der Waals surface area contributed by atoms with Crippen LogP contribution >= 0.6 is 0 Å². The minimum Gasteiger partial charge on any atom is -0.406 e. The highest BCUT2D eigenvalue weighted by Crippen LogP contribution is 2.31. The number of sulfonamides is 1. The standard InChI is InChI=1S/C24H21F3N2O4S/c25-24(26,27)33-20-8-10-21(11-9-20)34(31,32)29-14-12-19(30)15-18(29)16-23-22(7-4-13-28-23)17-5-2-1-3-6-17/h1-11,13,18H,12,14-16H2. The van der Waals surface area contributed by atoms with Gasteiger partial charge in [0.15, 0.2) is 0 Å². The number of benzene rings is 2. The fourth-order valence-electron chi connectivity index (χ4n) is 4.03. The van der Waals surface area contributed by atoms with E-state index in [9.17, 15) is 26.4 Å². The molecule has 1 unspecified atom stereocenters. The molecule has 2 heterocycles. The number of alkyl halides is 3. The summed E-state index contributed by atoms with van der Waals surface area (Å²) in [6.07, 6.45) is -2.95. The zero-order chi connectivity index (χ0) is 24.3. The van der Waals surface area contributed by atoms with Crippen molar-refractivity contribution in [2.45, 2.75) is 36.6 Å². The third-order valence-corrected chi connectivity index (χ3v) is 7.52. The Morgan fingerprint density at radius 2 is 1.71 bits per heavy atom. The van der Waals surface area contributed by atoms with Gasteiger partial charge in [0, 0.05) is 49.3 Å². The van der Waals surface area contributed by atoms with Crippen molar-refractivity contribution in [3.63, 3.8) is 0 Å². The van der Waals surface area contributed by atoms with E-state index in [-0.39, 0.29) is 36.5 Å². The van der Waals surface area contributed by atoms with Crippen molar-refractivity contribution in [2.75, 3.05) is 6.54 Å². The number of halogens is 3. The van der Waals surface area contributed by atoms with Crippen LogP contribution < -0.4 is 4.74 Å². The smallest absolute Gasteiger partial charge is 0.406 e. The van der Waals surface area contributed by atoms with Gasteiger partial charge in [-0.25, -0.2) is 8.42 Å². The number of hydrogen-bond donors (Lipinski definition) is 0. The first kappa shape index (κ1) is 23.9. The second kappa shape index (κ2) is 9.55. The molecule has 1 aliphatic rings. The SMILES string of the molecule is O=C1CCN(S(=O)(=O)c2ccc(OC(F)(F)F)cc2)C(Cc2ncccc2-c2ccccc2)C1. The summed E-state index contributed by atoms with van der Waals surface area (Å²) in [5.74, 6) is -0.569. The monoisotopic (exact) mass is 490 g/mol. The number of hydrogen-bond acceptors (Lipinski definition) is 5. The summed E-state index contributed by atoms with van der Waals surface area (Å²) in [6.45, 7) is -0.0138. The first-order chi connectivity index (χ1) is 16.1. The summed E-state index contributed by atoms with van der Waals surface area (Å²) in [5, 5.41) is 0. The fraction of sp³-hybridized carbons (Fsp3) is 0.250. The summed E-state index contributed by atoms with van der Waals surface area (Å²) in [6, 6.07) is 16.6. The van der Waals surface area contributed by atoms with Crippen molar-refractivity contribution < 1.29 is 31.1 Å². The molecule has 3 aromatic rings. The van der Waals surface area contributed by atoms with Crippen LogP contribution in [0.1, 0.15) is 18.5 Å². The Kier molecular flexibility index (Phi) is 6.72. The normalized spacial score (nSPS) is 17.5. The Morgan fingerprint density at radius 3 is 2.38 bits per heavy atom. The number of rotatable bonds is 6. The molecule has 6 nitrogen and oxygen atoms in total. The van der Waals surface area contributed by atoms with Crippen molar-refractivity contribution in [2.24, 2.45) is 0 Å². The minimum absolute atomic E-state index is 0.0138. The molecule has 0 N–H and O–H groups in total. The lowest BCUT2D eigenvalue weighted by molar-refractivity contribution is -0.274. The van der Waals surface area contributed by atoms with Gasteiger partial charge >= 0.3 is 6.36 Å². The lowest BCUT2D eigenvalue weighted by Crippen LogP contribution is -2.47. The van der Waals surface area contributed by atoms with Crippen LogP contribution in [0.15, 0.2) is 77.8 Å². The maximum Gasteiger partial charge on any atom is 0.573 e. The van der Waals surface area contributed by atoms with Crippen LogP contribution in [0, 0.1) is 0 Å². The number of piperidine rings is 1. The van der Waals surface area contributed by atoms with Crippen LogP contribution in [-0.4, -0.2) is 42.4 Å². The molecule has 0 amide bonds. The van der Waals surface area contributed by atoms with Gasteiger partial charge in [-0.15, -0.1) is 13.2 Å². The third-order valence-electron chi connectivity index (χ3n) is 5.55. The van der Waals surface area contributed by atoms with E-state index in [1.165, 1.54) is 4.31 Å². The highest BCUT2D eigenvalue weighted by Gasteiger charge is 2.37. The molecule has 0 saturated carbocycles. The number of ketones is 1. The first-order valence-corrected chi connectivity index (χ1v) is 12.0. The molecule has 1 fully saturated rings. The number of carbonyl (C=O) groups excluding carboxylic acids is 1. The van der Waals surface area contributed by atoms with E-state index in [2.05, 4.69) is 9.72 Å². The van der Waals surface area contributed by atoms with E-state index in [4.69, 9.17) is 0 Å². The lowest BCUT2D eigenvalue weighted by atomic mass is 9.95. The van der Waals surface area contributed by atoms with Gasteiger partial charge < -0.3 is 4.74 Å². The van der Waals surface area contributed by atoms with Gasteiger partial charge in [0.1, 0.15) is 11.5 Å². The van der Waals surface area contributed by atoms with Crippen LogP contribution in [-0.2, 0) is 21.2 Å². The summed E-state index contributed by atoms with van der Waals surface area (Å²) in [4.78, 5) is 16.5. The predicted molar refractivity (Wildman–Crippen MR) is 118 cm³/mol. The number of carbonyl (C=O) groups is 1. The van der Waals surface area contributed by atoms with Gasteiger partial charge in [-0.1, -0.05) is 36.4 Å². The summed E-state index contributed by atoms with van der Waals surface area (Å²) >= 11 is 0. The van der Waals surface area contributed by atoms with E-state index in [1.54, 1.807) is 12.3 Å². The molecule has 0 radical (unpaired) electrons. The fourth-order valence-corrected chi connectivity index (χ4v) is 5.65. The second-order valence-electron chi connectivity index (χ2n) is 7.85. The van der Waals surface area contributed by atoms with Gasteiger partial charge in [-0.05, 0) is 35.9 Å². The average molecular weight is 491 g/mol. The molecule has 0 bridgehead atoms. The van der Waals surface area contributed by atoms with Crippen molar-refractivity contribution in [1.82, 2.24) is 9.29 Å². The summed E-state index contributed by atoms with van der Waals surface area (Å²) < 4.78 is 69.1. The lowest BCUT2D eigenvalue weighted by Gasteiger charge is -2.34. The van der Waals surface area contributed by atoms with Crippen LogP contribution in [0.3, 0.4) is 0 Å². The Bertz CT molecular complexity index is 1260. The molecule has 0 spiro atoms. The van der Waals surface area contributed by atoms with Crippen LogP contribution in [0.5, 0.6) is 5.75 Å². The van der Waals surface area contributed by atoms with E-state index in [0.717, 1.165) is 35.4 Å². The second-order valence-corrected chi connectivity index (χ2v) is 9.74. The van der Waals surface area contributed by atoms with E-state index in [0.29, 0.717) is 5.69 Å². The van der Waals surface area contributed by atoms with Crippen molar-refractivity contribution >= 4 is 15.8 Å². The quantitative estimate of drug-likeness (QED) is 0.504. The van der Waals surface area contributed by atoms with Crippen molar-refractivity contribution in [1.29, 1.82) is 0 Å². The maximum absolute atomic E-state index is 13.4. The third kappa shape index (κ3) is 5.45. The summed E-state index contributed by atoms with van der Waals surface area (Å²) in [7, 11) is -4.08. The Hall–Kier alpha value is -3.24. The van der Waals surface area contributed by atoms with Crippen LogP contribution in [0.4, 0.5) is 13.2 Å². The molecule has 10 heteroatoms. The maximum atomic E-state index is 13.4. The van der Waals surface area contributed by atoms with Gasteiger partial charge in [-0.2, -0.15) is 4.31 Å². The molecule has 1 aromatic heterocycles. The van der Waals surface area contributed by atoms with Gasteiger partial charge in [0.2, 0.25) is 10.0 Å². The molecule has 0 aliphatic carbocycles. The number of nitrogens with zero attached hydrogens (tertiary/aromatic N) is 2. The zero-order valence-electron chi connectivity index (χ0n) is 17.9. The van der Waals surface area contributed by atoms with Crippen LogP contribution in [0.25, 0.3) is 11.1 Å². The average Bonchev–Trinajstić information content (AvgIpc) is 2.79. The van der Waals surface area contributed by atoms with E-state index >= 15 is 0 Å². The van der Waals surface area contributed by atoms with E-state index in [1.807, 2.05) is 36.4 Å². The Balaban J connectivity index is 1.63. The van der Waals surface area contributed by atoms with Gasteiger partial charge in [-0.3, -0.25) is 9.78 Å². The summed E-state index contributed by atoms with van der Waals surface area (Å²) in [5.41, 5.74) is 2.41. The zero-order valence-corrected chi connectivity index (χ0v) is 18.7. The number of ether oxygens (including phenoxy) is 1. The minimum atomic E-state index is -4.88. The molecule has 1 atom stereocenters. The first-order valence-electron chi connectivity index (χ1n) is 10.5. The molecule has 1 aliphatic heterocycles. The number of Topliss-reactive ketones (excluding diaryl/α,β-unsaturated/α-hetero) is 1. The Morgan fingerprint density at radius 1 is 1.00 bits per heavy atom. The van der Waals surface area contributed by atoms with Gasteiger partial charge in [0.25, 0.3) is 0 Å². The Labute approximate surface area is 195 Å². The molecule has 178 valence electrons. The van der Waals surface area contributed by atoms with Crippen LogP contribution in [0.2, 0.25) is 0 Å². The van der Waals surface area contributed by atoms with Crippen molar-refractivity contribution in [3.8, 4) is 16.9 Å². The highest BCUT2D eigenvalue weighted by atomic mass is 32.2. The largest absolute Gasteiger partial charge is 0.573 e. The molecular weight excluding hydrogens is 469 g/mol. The highest BCUT2D eigenvalue weighted by molar-refractivity contribution is 7.89. The molecular formula is C24H21F3N2O4S. The van der Waals surface area contributed by atoms with Crippen molar-refractivity contribution in [3.05, 3.63) is 78.6 Å². The molecule has 1 saturated heterocycles. The number of pyridine rings is 1. The van der Waals surface area contributed by atoms with Gasteiger partial charge in [0.05, 0.1) is 4.90 Å². The predicted octanol–water partition coefficient (Wildman–Crippen LogP) is 4.61. The molecule has 34 heavy (non-hydrogen) atoms. The number of aromatic nitrogens is 1. The van der Waals surface area contributed by atoms with E-state index < -0.39 is 28.2 Å². The molecule has 2 aromatic carbocycles.